The third kappa shape index (κ3) is 2.10. The van der Waals surface area contributed by atoms with E-state index in [1.54, 1.807) is 6.20 Å². The maximum atomic E-state index is 5.72. The van der Waals surface area contributed by atoms with E-state index in [9.17, 15) is 0 Å². The molecule has 2 heterocycles. The molecule has 2 rings (SSSR count). The quantitative estimate of drug-likeness (QED) is 0.646. The van der Waals surface area contributed by atoms with Crippen molar-refractivity contribution >= 4 is 17.4 Å². The van der Waals surface area contributed by atoms with Crippen molar-refractivity contribution in [3.63, 3.8) is 0 Å². The summed E-state index contributed by atoms with van der Waals surface area (Å²) in [4.78, 5) is 10.3. The van der Waals surface area contributed by atoms with Crippen molar-refractivity contribution in [1.82, 2.24) is 9.97 Å². The van der Waals surface area contributed by atoms with Crippen LogP contribution in [0.15, 0.2) is 12.3 Å². The highest BCUT2D eigenvalue weighted by atomic mass is 35.5. The minimum Gasteiger partial charge on any atom is -0.356 e. The lowest BCUT2D eigenvalue weighted by Gasteiger charge is -2.27. The summed E-state index contributed by atoms with van der Waals surface area (Å²) in [5.74, 6) is 0.958. The summed E-state index contributed by atoms with van der Waals surface area (Å²) >= 11 is 5.72. The summed E-state index contributed by atoms with van der Waals surface area (Å²) in [6, 6.07) is 1.91. The average molecular weight is 198 g/mol. The van der Waals surface area contributed by atoms with Gasteiger partial charge in [0, 0.05) is 19.3 Å². The molecular formula is C9H12ClN3. The van der Waals surface area contributed by atoms with Crippen molar-refractivity contribution in [2.75, 3.05) is 18.0 Å². The Morgan fingerprint density at radius 1 is 1.23 bits per heavy atom. The van der Waals surface area contributed by atoms with Crippen molar-refractivity contribution < 1.29 is 0 Å². The van der Waals surface area contributed by atoms with Gasteiger partial charge in [0.25, 0.3) is 0 Å². The zero-order valence-electron chi connectivity index (χ0n) is 7.41. The summed E-state index contributed by atoms with van der Waals surface area (Å²) in [5.41, 5.74) is 0. The third-order valence-electron chi connectivity index (χ3n) is 2.29. The number of aromatic nitrogens is 2. The van der Waals surface area contributed by atoms with Crippen LogP contribution >= 0.6 is 11.6 Å². The normalized spacial score (nSPS) is 17.5. The van der Waals surface area contributed by atoms with E-state index in [1.165, 1.54) is 19.3 Å². The van der Waals surface area contributed by atoms with Crippen molar-refractivity contribution in [3.05, 3.63) is 17.5 Å². The zero-order valence-corrected chi connectivity index (χ0v) is 8.17. The van der Waals surface area contributed by atoms with E-state index in [0.717, 1.165) is 18.9 Å². The molecule has 3 nitrogen and oxygen atoms in total. The van der Waals surface area contributed by atoms with Crippen molar-refractivity contribution in [1.29, 1.82) is 0 Å². The molecule has 13 heavy (non-hydrogen) atoms. The predicted octanol–water partition coefficient (Wildman–Crippen LogP) is 2.12. The van der Waals surface area contributed by atoms with Crippen LogP contribution in [-0.2, 0) is 0 Å². The smallest absolute Gasteiger partial charge is 0.224 e. The van der Waals surface area contributed by atoms with Crippen LogP contribution in [0.25, 0.3) is 0 Å². The molecule has 0 amide bonds. The maximum absolute atomic E-state index is 5.72. The van der Waals surface area contributed by atoms with Crippen LogP contribution in [0.4, 0.5) is 5.82 Å². The Labute approximate surface area is 82.8 Å². The number of piperidine rings is 1. The molecule has 1 aliphatic heterocycles. The average Bonchev–Trinajstić information content (AvgIpc) is 2.19. The van der Waals surface area contributed by atoms with E-state index in [4.69, 9.17) is 11.6 Å². The van der Waals surface area contributed by atoms with Crippen LogP contribution in [0.5, 0.6) is 0 Å². The lowest BCUT2D eigenvalue weighted by Crippen LogP contribution is -2.30. The molecule has 70 valence electrons. The largest absolute Gasteiger partial charge is 0.356 e. The second-order valence-corrected chi connectivity index (χ2v) is 3.57. The number of halogens is 1. The second-order valence-electron chi connectivity index (χ2n) is 3.23. The summed E-state index contributed by atoms with van der Waals surface area (Å²) < 4.78 is 0. The van der Waals surface area contributed by atoms with Gasteiger partial charge in [-0.1, -0.05) is 0 Å². The highest BCUT2D eigenvalue weighted by Crippen LogP contribution is 2.17. The minimum absolute atomic E-state index is 0.336. The molecule has 4 heteroatoms. The van der Waals surface area contributed by atoms with Crippen LogP contribution in [-0.4, -0.2) is 23.1 Å². The van der Waals surface area contributed by atoms with Gasteiger partial charge in [-0.25, -0.2) is 9.97 Å². The first-order valence-electron chi connectivity index (χ1n) is 4.60. The summed E-state index contributed by atoms with van der Waals surface area (Å²) in [7, 11) is 0. The maximum Gasteiger partial charge on any atom is 0.224 e. The monoisotopic (exact) mass is 197 g/mol. The molecule has 0 aliphatic carbocycles. The highest BCUT2D eigenvalue weighted by Gasteiger charge is 2.11. The first-order chi connectivity index (χ1) is 6.36. The predicted molar refractivity (Wildman–Crippen MR) is 53.1 cm³/mol. The van der Waals surface area contributed by atoms with Crippen LogP contribution in [0.3, 0.4) is 0 Å². The molecule has 0 radical (unpaired) electrons. The number of hydrogen-bond acceptors (Lipinski definition) is 3. The van der Waals surface area contributed by atoms with E-state index >= 15 is 0 Å². The molecule has 1 aromatic rings. The van der Waals surface area contributed by atoms with Gasteiger partial charge in [-0.15, -0.1) is 0 Å². The highest BCUT2D eigenvalue weighted by molar-refractivity contribution is 6.28. The summed E-state index contributed by atoms with van der Waals surface area (Å²) in [6.45, 7) is 2.18. The minimum atomic E-state index is 0.336. The van der Waals surface area contributed by atoms with Gasteiger partial charge in [-0.2, -0.15) is 0 Å². The Balaban J connectivity index is 2.14. The van der Waals surface area contributed by atoms with Crippen molar-refractivity contribution in [2.45, 2.75) is 19.3 Å². The zero-order chi connectivity index (χ0) is 9.10. The Hall–Kier alpha value is -0.830. The summed E-state index contributed by atoms with van der Waals surface area (Å²) in [5, 5.41) is 0.336. The number of rotatable bonds is 1. The topological polar surface area (TPSA) is 29.0 Å². The molecule has 0 bridgehead atoms. The Morgan fingerprint density at radius 3 is 2.69 bits per heavy atom. The van der Waals surface area contributed by atoms with Crippen molar-refractivity contribution in [2.24, 2.45) is 0 Å². The van der Waals surface area contributed by atoms with E-state index in [-0.39, 0.29) is 0 Å². The Bertz CT molecular complexity index is 284. The first kappa shape index (κ1) is 8.75. The van der Waals surface area contributed by atoms with Gasteiger partial charge < -0.3 is 4.90 Å². The van der Waals surface area contributed by atoms with Crippen LogP contribution in [0.1, 0.15) is 19.3 Å². The SMILES string of the molecule is Clc1nccc(N2CCCCC2)n1. The molecule has 0 atom stereocenters. The van der Waals surface area contributed by atoms with Crippen LogP contribution in [0.2, 0.25) is 5.28 Å². The van der Waals surface area contributed by atoms with Gasteiger partial charge in [-0.05, 0) is 36.9 Å². The van der Waals surface area contributed by atoms with Crippen LogP contribution in [0, 0.1) is 0 Å². The molecule has 0 N–H and O–H groups in total. The molecule has 1 aromatic heterocycles. The number of anilines is 1. The lowest BCUT2D eigenvalue weighted by molar-refractivity contribution is 0.573. The first-order valence-corrected chi connectivity index (χ1v) is 4.97. The van der Waals surface area contributed by atoms with E-state index in [0.29, 0.717) is 5.28 Å². The van der Waals surface area contributed by atoms with Gasteiger partial charge in [0.05, 0.1) is 0 Å². The van der Waals surface area contributed by atoms with Gasteiger partial charge in [0.1, 0.15) is 5.82 Å². The van der Waals surface area contributed by atoms with Crippen molar-refractivity contribution in [3.8, 4) is 0 Å². The standard InChI is InChI=1S/C9H12ClN3/c10-9-11-5-4-8(12-9)13-6-2-1-3-7-13/h4-5H,1-3,6-7H2. The molecule has 1 fully saturated rings. The Kier molecular flexibility index (Phi) is 2.64. The molecule has 1 saturated heterocycles. The van der Waals surface area contributed by atoms with Gasteiger partial charge in [0.15, 0.2) is 0 Å². The number of hydrogen-bond donors (Lipinski definition) is 0. The molecule has 0 saturated carbocycles. The van der Waals surface area contributed by atoms with Gasteiger partial charge >= 0.3 is 0 Å². The fourth-order valence-electron chi connectivity index (χ4n) is 1.63. The number of nitrogens with zero attached hydrogens (tertiary/aromatic N) is 3. The molecule has 0 aromatic carbocycles. The second kappa shape index (κ2) is 3.92. The lowest BCUT2D eigenvalue weighted by atomic mass is 10.1. The molecule has 1 aliphatic rings. The molecule has 0 spiro atoms. The molecular weight excluding hydrogens is 186 g/mol. The van der Waals surface area contributed by atoms with Gasteiger partial charge in [0.2, 0.25) is 5.28 Å². The van der Waals surface area contributed by atoms with E-state index in [2.05, 4.69) is 14.9 Å². The Morgan fingerprint density at radius 2 is 2.00 bits per heavy atom. The van der Waals surface area contributed by atoms with Crippen LogP contribution < -0.4 is 4.90 Å². The fourth-order valence-corrected chi connectivity index (χ4v) is 1.77. The third-order valence-corrected chi connectivity index (χ3v) is 2.47. The fraction of sp³-hybridized carbons (Fsp3) is 0.556. The summed E-state index contributed by atoms with van der Waals surface area (Å²) in [6.07, 6.45) is 5.54. The van der Waals surface area contributed by atoms with E-state index in [1.807, 2.05) is 6.07 Å². The van der Waals surface area contributed by atoms with E-state index < -0.39 is 0 Å². The van der Waals surface area contributed by atoms with Gasteiger partial charge in [-0.3, -0.25) is 0 Å². The molecule has 0 unspecified atom stereocenters.